The molecule has 1 saturated carbocycles. The number of nitrogens with one attached hydrogen (secondary N) is 1. The van der Waals surface area contributed by atoms with Crippen molar-refractivity contribution >= 4 is 0 Å². The van der Waals surface area contributed by atoms with Gasteiger partial charge >= 0.3 is 0 Å². The summed E-state index contributed by atoms with van der Waals surface area (Å²) < 4.78 is 0. The van der Waals surface area contributed by atoms with Crippen LogP contribution in [0.1, 0.15) is 49.8 Å². The minimum absolute atomic E-state index is 0.402. The van der Waals surface area contributed by atoms with Crippen molar-refractivity contribution in [2.45, 2.75) is 51.1 Å². The Kier molecular flexibility index (Phi) is 2.83. The van der Waals surface area contributed by atoms with Crippen LogP contribution in [0.2, 0.25) is 0 Å². The van der Waals surface area contributed by atoms with Crippen LogP contribution in [0.4, 0.5) is 0 Å². The lowest BCUT2D eigenvalue weighted by Gasteiger charge is -2.14. The summed E-state index contributed by atoms with van der Waals surface area (Å²) in [5.74, 6) is 1.32. The minimum atomic E-state index is 0.402. The molecule has 0 radical (unpaired) electrons. The number of aromatic hydroxyl groups is 1. The van der Waals surface area contributed by atoms with Crippen LogP contribution in [0.25, 0.3) is 0 Å². The molecule has 0 spiro atoms. The summed E-state index contributed by atoms with van der Waals surface area (Å²) in [6, 6.07) is 7.10. The average Bonchev–Trinajstić information content (AvgIpc) is 2.91. The second-order valence-corrected chi connectivity index (χ2v) is 5.53. The fourth-order valence-electron chi connectivity index (χ4n) is 3.18. The molecule has 2 N–H and O–H groups in total. The van der Waals surface area contributed by atoms with Gasteiger partial charge in [-0.3, -0.25) is 0 Å². The van der Waals surface area contributed by atoms with Gasteiger partial charge in [0.25, 0.3) is 0 Å². The van der Waals surface area contributed by atoms with Crippen molar-refractivity contribution in [3.8, 4) is 5.75 Å². The lowest BCUT2D eigenvalue weighted by molar-refractivity contribution is 0.474. The number of rotatable bonds is 4. The second kappa shape index (κ2) is 4.34. The van der Waals surface area contributed by atoms with E-state index < -0.39 is 0 Å². The van der Waals surface area contributed by atoms with E-state index in [2.05, 4.69) is 18.3 Å². The Morgan fingerprint density at radius 1 is 1.41 bits per heavy atom. The first-order chi connectivity index (χ1) is 8.28. The quantitative estimate of drug-likeness (QED) is 0.834. The molecule has 3 rings (SSSR count). The molecule has 0 heterocycles. The van der Waals surface area contributed by atoms with E-state index in [1.807, 2.05) is 12.1 Å². The smallest absolute Gasteiger partial charge is 0.115 e. The molecule has 0 aliphatic heterocycles. The van der Waals surface area contributed by atoms with Crippen LogP contribution < -0.4 is 5.32 Å². The Balaban J connectivity index is 1.64. The monoisotopic (exact) mass is 231 g/mol. The van der Waals surface area contributed by atoms with Crippen LogP contribution >= 0.6 is 0 Å². The summed E-state index contributed by atoms with van der Waals surface area (Å²) in [7, 11) is 0. The molecule has 3 atom stereocenters. The predicted octanol–water partition coefficient (Wildman–Crippen LogP) is 3.16. The van der Waals surface area contributed by atoms with Gasteiger partial charge < -0.3 is 10.4 Å². The van der Waals surface area contributed by atoms with E-state index in [9.17, 15) is 5.11 Å². The topological polar surface area (TPSA) is 32.3 Å². The lowest BCUT2D eigenvalue weighted by atomic mass is 10.1. The Morgan fingerprint density at radius 2 is 2.29 bits per heavy atom. The van der Waals surface area contributed by atoms with Crippen molar-refractivity contribution in [1.82, 2.24) is 5.32 Å². The van der Waals surface area contributed by atoms with Crippen molar-refractivity contribution < 1.29 is 5.11 Å². The lowest BCUT2D eigenvalue weighted by Crippen LogP contribution is -2.22. The van der Waals surface area contributed by atoms with Crippen LogP contribution in [0.3, 0.4) is 0 Å². The zero-order valence-electron chi connectivity index (χ0n) is 10.4. The van der Waals surface area contributed by atoms with Crippen molar-refractivity contribution in [2.75, 3.05) is 0 Å². The number of hydrogen-bond donors (Lipinski definition) is 2. The van der Waals surface area contributed by atoms with Crippen LogP contribution in [0.15, 0.2) is 18.2 Å². The van der Waals surface area contributed by atoms with E-state index in [-0.39, 0.29) is 0 Å². The van der Waals surface area contributed by atoms with Gasteiger partial charge in [-0.2, -0.15) is 0 Å². The maximum Gasteiger partial charge on any atom is 0.115 e. The van der Waals surface area contributed by atoms with Gasteiger partial charge in [-0.05, 0) is 54.9 Å². The van der Waals surface area contributed by atoms with Gasteiger partial charge in [0.15, 0.2) is 0 Å². The molecule has 2 heteroatoms. The molecule has 1 aromatic rings. The molecule has 1 fully saturated rings. The Morgan fingerprint density at radius 3 is 3.12 bits per heavy atom. The fourth-order valence-corrected chi connectivity index (χ4v) is 3.18. The highest BCUT2D eigenvalue weighted by Gasteiger charge is 2.38. The molecule has 0 bridgehead atoms. The zero-order valence-corrected chi connectivity index (χ0v) is 10.4. The van der Waals surface area contributed by atoms with Crippen LogP contribution in [-0.4, -0.2) is 11.1 Å². The summed E-state index contributed by atoms with van der Waals surface area (Å²) in [4.78, 5) is 0. The second-order valence-electron chi connectivity index (χ2n) is 5.53. The largest absolute Gasteiger partial charge is 0.508 e. The summed E-state index contributed by atoms with van der Waals surface area (Å²) >= 11 is 0. The van der Waals surface area contributed by atoms with Crippen molar-refractivity contribution in [3.05, 3.63) is 29.3 Å². The molecule has 2 nitrogen and oxygen atoms in total. The first-order valence-corrected chi connectivity index (χ1v) is 6.85. The normalized spacial score (nSPS) is 30.3. The van der Waals surface area contributed by atoms with Gasteiger partial charge in [0.05, 0.1) is 0 Å². The summed E-state index contributed by atoms with van der Waals surface area (Å²) in [6.07, 6.45) is 6.32. The predicted molar refractivity (Wildman–Crippen MR) is 69.1 cm³/mol. The molecular weight excluding hydrogens is 210 g/mol. The van der Waals surface area contributed by atoms with E-state index >= 15 is 0 Å². The van der Waals surface area contributed by atoms with E-state index in [0.29, 0.717) is 11.8 Å². The van der Waals surface area contributed by atoms with Crippen LogP contribution in [-0.2, 0) is 6.42 Å². The maximum atomic E-state index is 9.47. The van der Waals surface area contributed by atoms with Gasteiger partial charge in [0.1, 0.15) is 5.75 Å². The molecule has 0 amide bonds. The molecule has 0 saturated heterocycles. The minimum Gasteiger partial charge on any atom is -0.508 e. The summed E-state index contributed by atoms with van der Waals surface area (Å²) in [6.45, 7) is 2.27. The number of hydrogen-bond acceptors (Lipinski definition) is 2. The Labute approximate surface area is 103 Å². The molecule has 1 aromatic carbocycles. The number of phenols is 1. The maximum absolute atomic E-state index is 9.47. The highest BCUT2D eigenvalue weighted by Crippen LogP contribution is 2.40. The van der Waals surface area contributed by atoms with Crippen molar-refractivity contribution in [3.63, 3.8) is 0 Å². The van der Waals surface area contributed by atoms with Gasteiger partial charge in [-0.25, -0.2) is 0 Å². The van der Waals surface area contributed by atoms with Crippen molar-refractivity contribution in [1.29, 1.82) is 0 Å². The molecule has 2 aliphatic rings. The zero-order chi connectivity index (χ0) is 11.8. The van der Waals surface area contributed by atoms with E-state index in [4.69, 9.17) is 0 Å². The van der Waals surface area contributed by atoms with E-state index in [1.165, 1.54) is 36.8 Å². The van der Waals surface area contributed by atoms with Gasteiger partial charge in [-0.1, -0.05) is 19.4 Å². The first kappa shape index (κ1) is 11.1. The number of phenolic OH excluding ortho intramolecular Hbond substituents is 1. The molecule has 3 unspecified atom stereocenters. The SMILES string of the molecule is CCCC1CC1NC1CCc2cc(O)ccc21. The van der Waals surface area contributed by atoms with Crippen LogP contribution in [0.5, 0.6) is 5.75 Å². The van der Waals surface area contributed by atoms with E-state index in [0.717, 1.165) is 18.4 Å². The Bertz CT molecular complexity index is 415. The molecule has 2 aliphatic carbocycles. The highest BCUT2D eigenvalue weighted by molar-refractivity contribution is 5.40. The van der Waals surface area contributed by atoms with Crippen molar-refractivity contribution in [2.24, 2.45) is 5.92 Å². The molecular formula is C15H21NO. The third-order valence-electron chi connectivity index (χ3n) is 4.20. The van der Waals surface area contributed by atoms with E-state index in [1.54, 1.807) is 0 Å². The third kappa shape index (κ3) is 2.19. The van der Waals surface area contributed by atoms with Gasteiger partial charge in [-0.15, -0.1) is 0 Å². The average molecular weight is 231 g/mol. The summed E-state index contributed by atoms with van der Waals surface area (Å²) in [5.41, 5.74) is 2.74. The summed E-state index contributed by atoms with van der Waals surface area (Å²) in [5, 5.41) is 13.3. The van der Waals surface area contributed by atoms with Crippen LogP contribution in [0, 0.1) is 5.92 Å². The number of fused-ring (bicyclic) bond motifs is 1. The van der Waals surface area contributed by atoms with Gasteiger partial charge in [0, 0.05) is 12.1 Å². The number of benzene rings is 1. The molecule has 92 valence electrons. The highest BCUT2D eigenvalue weighted by atomic mass is 16.3. The molecule has 17 heavy (non-hydrogen) atoms. The standard InChI is InChI=1S/C15H21NO/c1-2-3-11-9-15(11)16-14-7-4-10-8-12(17)5-6-13(10)14/h5-6,8,11,14-17H,2-4,7,9H2,1H3. The first-order valence-electron chi connectivity index (χ1n) is 6.85. The third-order valence-corrected chi connectivity index (χ3v) is 4.20. The fraction of sp³-hybridized carbons (Fsp3) is 0.600. The van der Waals surface area contributed by atoms with Gasteiger partial charge in [0.2, 0.25) is 0 Å². The number of aryl methyl sites for hydroxylation is 1. The Hall–Kier alpha value is -1.02. The molecule has 0 aromatic heterocycles.